The molecular formula is C6H12O6S. The number of aliphatic hydroxyl groups is 1. The molecule has 1 unspecified atom stereocenters. The Balaban J connectivity index is 3.99. The fourth-order valence-corrected chi connectivity index (χ4v) is 0.821. The van der Waals surface area contributed by atoms with E-state index in [2.05, 4.69) is 4.74 Å². The van der Waals surface area contributed by atoms with Crippen LogP contribution >= 0.6 is 0 Å². The lowest BCUT2D eigenvalue weighted by atomic mass is 10.4. The van der Waals surface area contributed by atoms with E-state index in [1.54, 1.807) is 0 Å². The molecule has 0 bridgehead atoms. The van der Waals surface area contributed by atoms with Gasteiger partial charge in [0.25, 0.3) is 5.44 Å². The fraction of sp³-hybridized carbons (Fsp3) is 0.833. The molecule has 0 aliphatic heterocycles. The van der Waals surface area contributed by atoms with Crippen LogP contribution in [0.5, 0.6) is 0 Å². The first-order chi connectivity index (χ1) is 5.89. The van der Waals surface area contributed by atoms with E-state index >= 15 is 0 Å². The van der Waals surface area contributed by atoms with Crippen LogP contribution in [-0.2, 0) is 19.6 Å². The number of hydrogen-bond acceptors (Lipinski definition) is 5. The van der Waals surface area contributed by atoms with Crippen molar-refractivity contribution in [3.05, 3.63) is 0 Å². The average Bonchev–Trinajstić information content (AvgIpc) is 2.01. The number of esters is 1. The van der Waals surface area contributed by atoms with Gasteiger partial charge in [0.1, 0.15) is 0 Å². The molecule has 0 aromatic rings. The van der Waals surface area contributed by atoms with Crippen molar-refractivity contribution in [1.29, 1.82) is 0 Å². The Morgan fingerprint density at radius 3 is 2.46 bits per heavy atom. The average molecular weight is 212 g/mol. The van der Waals surface area contributed by atoms with Crippen molar-refractivity contribution in [1.82, 2.24) is 0 Å². The monoisotopic (exact) mass is 212 g/mol. The van der Waals surface area contributed by atoms with E-state index in [0.717, 1.165) is 6.42 Å². The number of rotatable bonds is 5. The van der Waals surface area contributed by atoms with Crippen LogP contribution < -0.4 is 0 Å². The van der Waals surface area contributed by atoms with Gasteiger partial charge in [0.2, 0.25) is 0 Å². The Labute approximate surface area is 76.3 Å². The summed E-state index contributed by atoms with van der Waals surface area (Å²) in [5.41, 5.74) is -2.50. The number of hydrogen-bond donors (Lipinski definition) is 2. The minimum atomic E-state index is -4.76. The summed E-state index contributed by atoms with van der Waals surface area (Å²) < 4.78 is 33.0. The fourth-order valence-electron chi connectivity index (χ4n) is 0.510. The molecule has 0 fully saturated rings. The van der Waals surface area contributed by atoms with E-state index in [-0.39, 0.29) is 6.61 Å². The SMILES string of the molecule is CCCCOC(=O)C(O)S(=O)(=O)O. The van der Waals surface area contributed by atoms with Crippen molar-refractivity contribution < 1.29 is 27.6 Å². The lowest BCUT2D eigenvalue weighted by Gasteiger charge is -2.06. The van der Waals surface area contributed by atoms with E-state index in [9.17, 15) is 13.2 Å². The van der Waals surface area contributed by atoms with Crippen molar-refractivity contribution in [3.63, 3.8) is 0 Å². The van der Waals surface area contributed by atoms with Crippen molar-refractivity contribution >= 4 is 16.1 Å². The molecule has 0 aromatic carbocycles. The van der Waals surface area contributed by atoms with Gasteiger partial charge in [0.15, 0.2) is 0 Å². The van der Waals surface area contributed by atoms with E-state index in [1.165, 1.54) is 0 Å². The summed E-state index contributed by atoms with van der Waals surface area (Å²) >= 11 is 0. The molecule has 0 radical (unpaired) electrons. The maximum Gasteiger partial charge on any atom is 0.353 e. The first kappa shape index (κ1) is 12.3. The van der Waals surface area contributed by atoms with Gasteiger partial charge in [-0.05, 0) is 6.42 Å². The van der Waals surface area contributed by atoms with Gasteiger partial charge in [0, 0.05) is 0 Å². The highest BCUT2D eigenvalue weighted by Gasteiger charge is 2.29. The Kier molecular flexibility index (Phi) is 4.89. The zero-order valence-electron chi connectivity index (χ0n) is 7.13. The molecule has 78 valence electrons. The maximum atomic E-state index is 10.7. The molecule has 0 aromatic heterocycles. The van der Waals surface area contributed by atoms with Crippen LogP contribution in [0.25, 0.3) is 0 Å². The Morgan fingerprint density at radius 2 is 2.08 bits per heavy atom. The van der Waals surface area contributed by atoms with Crippen LogP contribution in [0.3, 0.4) is 0 Å². The minimum Gasteiger partial charge on any atom is -0.463 e. The quantitative estimate of drug-likeness (QED) is 0.363. The highest BCUT2D eigenvalue weighted by Crippen LogP contribution is 1.98. The second-order valence-corrected chi connectivity index (χ2v) is 3.86. The molecular weight excluding hydrogens is 200 g/mol. The topological polar surface area (TPSA) is 101 Å². The third-order valence-corrected chi connectivity index (χ3v) is 1.98. The number of unbranched alkanes of at least 4 members (excludes halogenated alkanes) is 1. The standard InChI is InChI=1S/C6H12O6S/c1-2-3-4-12-5(7)6(8)13(9,10)11/h6,8H,2-4H2,1H3,(H,9,10,11). The molecule has 0 amide bonds. The predicted octanol–water partition coefficient (Wildman–Crippen LogP) is -0.464. The molecule has 0 spiro atoms. The number of aliphatic hydroxyl groups excluding tert-OH is 1. The van der Waals surface area contributed by atoms with Crippen LogP contribution in [0.2, 0.25) is 0 Å². The van der Waals surface area contributed by atoms with E-state index < -0.39 is 21.5 Å². The molecule has 13 heavy (non-hydrogen) atoms. The van der Waals surface area contributed by atoms with Crippen LogP contribution in [0.15, 0.2) is 0 Å². The molecule has 0 aliphatic carbocycles. The largest absolute Gasteiger partial charge is 0.463 e. The lowest BCUT2D eigenvalue weighted by molar-refractivity contribution is -0.149. The zero-order chi connectivity index (χ0) is 10.5. The van der Waals surface area contributed by atoms with Crippen molar-refractivity contribution in [2.45, 2.75) is 25.2 Å². The van der Waals surface area contributed by atoms with Crippen LogP contribution in [0.1, 0.15) is 19.8 Å². The van der Waals surface area contributed by atoms with Gasteiger partial charge in [-0.15, -0.1) is 0 Å². The first-order valence-corrected chi connectivity index (χ1v) is 5.21. The molecule has 0 saturated heterocycles. The van der Waals surface area contributed by atoms with Crippen LogP contribution in [0.4, 0.5) is 0 Å². The van der Waals surface area contributed by atoms with Gasteiger partial charge >= 0.3 is 16.1 Å². The molecule has 0 aliphatic rings. The van der Waals surface area contributed by atoms with Crippen molar-refractivity contribution in [2.24, 2.45) is 0 Å². The van der Waals surface area contributed by atoms with Gasteiger partial charge < -0.3 is 9.84 Å². The highest BCUT2D eigenvalue weighted by atomic mass is 32.2. The normalized spacial score (nSPS) is 13.8. The van der Waals surface area contributed by atoms with E-state index in [1.807, 2.05) is 6.92 Å². The van der Waals surface area contributed by atoms with Gasteiger partial charge in [-0.25, -0.2) is 4.79 Å². The number of ether oxygens (including phenoxy) is 1. The van der Waals surface area contributed by atoms with Gasteiger partial charge in [-0.2, -0.15) is 8.42 Å². The highest BCUT2D eigenvalue weighted by molar-refractivity contribution is 7.87. The van der Waals surface area contributed by atoms with Gasteiger partial charge in [-0.1, -0.05) is 13.3 Å². The van der Waals surface area contributed by atoms with Crippen LogP contribution in [0, 0.1) is 0 Å². The molecule has 0 rings (SSSR count). The maximum absolute atomic E-state index is 10.7. The number of carbonyl (C=O) groups excluding carboxylic acids is 1. The predicted molar refractivity (Wildman–Crippen MR) is 43.4 cm³/mol. The lowest BCUT2D eigenvalue weighted by Crippen LogP contribution is -2.31. The van der Waals surface area contributed by atoms with E-state index in [0.29, 0.717) is 6.42 Å². The summed E-state index contributed by atoms with van der Waals surface area (Å²) in [7, 11) is -4.76. The van der Waals surface area contributed by atoms with Crippen molar-refractivity contribution in [3.8, 4) is 0 Å². The van der Waals surface area contributed by atoms with Gasteiger partial charge in [0.05, 0.1) is 6.61 Å². The third kappa shape index (κ3) is 4.81. The Hall–Kier alpha value is -0.660. The number of carbonyl (C=O) groups is 1. The van der Waals surface area contributed by atoms with E-state index in [4.69, 9.17) is 9.66 Å². The molecule has 6 nitrogen and oxygen atoms in total. The minimum absolute atomic E-state index is 0.0297. The third-order valence-electron chi connectivity index (χ3n) is 1.23. The first-order valence-electron chi connectivity index (χ1n) is 3.70. The van der Waals surface area contributed by atoms with Gasteiger partial charge in [-0.3, -0.25) is 4.55 Å². The Bertz CT molecular complexity index is 256. The second kappa shape index (κ2) is 5.15. The summed E-state index contributed by atoms with van der Waals surface area (Å²) in [6.07, 6.45) is 1.35. The summed E-state index contributed by atoms with van der Waals surface area (Å²) in [6, 6.07) is 0. The molecule has 2 N–H and O–H groups in total. The molecule has 0 saturated carbocycles. The van der Waals surface area contributed by atoms with Crippen molar-refractivity contribution in [2.75, 3.05) is 6.61 Å². The summed E-state index contributed by atoms with van der Waals surface area (Å²) in [6.45, 7) is 1.88. The second-order valence-electron chi connectivity index (χ2n) is 2.39. The van der Waals surface area contributed by atoms with Crippen LogP contribution in [-0.4, -0.2) is 36.1 Å². The molecule has 0 heterocycles. The molecule has 1 atom stereocenters. The summed E-state index contributed by atoms with van der Waals surface area (Å²) in [5.74, 6) is -1.35. The smallest absolute Gasteiger partial charge is 0.353 e. The molecule has 7 heteroatoms. The summed E-state index contributed by atoms with van der Waals surface area (Å²) in [4.78, 5) is 10.7. The Morgan fingerprint density at radius 1 is 1.54 bits per heavy atom. The summed E-state index contributed by atoms with van der Waals surface area (Å²) in [5, 5.41) is 8.64. The zero-order valence-corrected chi connectivity index (χ0v) is 7.95.